The first-order valence-electron chi connectivity index (χ1n) is 8.49. The van der Waals surface area contributed by atoms with E-state index >= 15 is 0 Å². The summed E-state index contributed by atoms with van der Waals surface area (Å²) in [4.78, 5) is 10.0. The highest BCUT2D eigenvalue weighted by Gasteiger charge is 2.16. The van der Waals surface area contributed by atoms with Gasteiger partial charge >= 0.3 is 0 Å². The average molecular weight is 393 g/mol. The summed E-state index contributed by atoms with van der Waals surface area (Å²) in [6.45, 7) is 4.98. The number of benzene rings is 2. The van der Waals surface area contributed by atoms with Gasteiger partial charge in [-0.05, 0) is 26.0 Å². The maximum Gasteiger partial charge on any atom is 0.270 e. The van der Waals surface area contributed by atoms with Gasteiger partial charge in [-0.3, -0.25) is 10.1 Å². The normalized spacial score (nSPS) is 11.5. The molecule has 0 aromatic heterocycles. The Labute approximate surface area is 158 Å². The van der Waals surface area contributed by atoms with Crippen LogP contribution in [0.4, 0.5) is 5.69 Å². The van der Waals surface area contributed by atoms with Gasteiger partial charge in [-0.15, -0.1) is 0 Å². The summed E-state index contributed by atoms with van der Waals surface area (Å²) in [6, 6.07) is 12.6. The number of hydrogen-bond donors (Lipinski definition) is 2. The molecular formula is C18H23N3O5S. The van der Waals surface area contributed by atoms with Gasteiger partial charge in [-0.1, -0.05) is 24.3 Å². The molecule has 0 heterocycles. The van der Waals surface area contributed by atoms with Crippen molar-refractivity contribution < 1.29 is 18.1 Å². The van der Waals surface area contributed by atoms with Gasteiger partial charge in [0.2, 0.25) is 10.0 Å². The molecule has 0 amide bonds. The lowest BCUT2D eigenvalue weighted by molar-refractivity contribution is -0.385. The lowest BCUT2D eigenvalue weighted by Gasteiger charge is -2.14. The Morgan fingerprint density at radius 3 is 2.56 bits per heavy atom. The largest absolute Gasteiger partial charge is 0.491 e. The monoisotopic (exact) mass is 393 g/mol. The molecule has 0 fully saturated rings. The lowest BCUT2D eigenvalue weighted by atomic mass is 10.2. The topological polar surface area (TPSA) is 111 Å². The zero-order valence-corrected chi connectivity index (χ0v) is 16.0. The fourth-order valence-corrected chi connectivity index (χ4v) is 3.43. The number of ether oxygens (including phenoxy) is 1. The third-order valence-corrected chi connectivity index (χ3v) is 5.04. The number of nitrogens with zero attached hydrogens (tertiary/aromatic N) is 1. The summed E-state index contributed by atoms with van der Waals surface area (Å²) in [7, 11) is -3.80. The van der Waals surface area contributed by atoms with Crippen molar-refractivity contribution in [2.45, 2.75) is 31.4 Å². The zero-order valence-electron chi connectivity index (χ0n) is 15.2. The molecule has 0 aliphatic rings. The van der Waals surface area contributed by atoms with Gasteiger partial charge < -0.3 is 10.1 Å². The number of nitro groups is 1. The standard InChI is InChI=1S/C18H23N3O5S/c1-14(2)26-18-9-4-3-6-15(18)13-19-10-11-20-27(24,25)17-8-5-7-16(12-17)21(22)23/h3-9,12,14,19-20H,10-11,13H2,1-2H3. The number of nitrogens with one attached hydrogen (secondary N) is 2. The van der Waals surface area contributed by atoms with Gasteiger partial charge in [0.25, 0.3) is 5.69 Å². The summed E-state index contributed by atoms with van der Waals surface area (Å²) in [5.41, 5.74) is 0.713. The van der Waals surface area contributed by atoms with E-state index in [1.165, 1.54) is 18.2 Å². The highest BCUT2D eigenvalue weighted by Crippen LogP contribution is 2.19. The SMILES string of the molecule is CC(C)Oc1ccccc1CNCCNS(=O)(=O)c1cccc([N+](=O)[O-])c1. The highest BCUT2D eigenvalue weighted by molar-refractivity contribution is 7.89. The minimum absolute atomic E-state index is 0.0629. The molecule has 27 heavy (non-hydrogen) atoms. The van der Waals surface area contributed by atoms with Crippen LogP contribution in [0.2, 0.25) is 0 Å². The van der Waals surface area contributed by atoms with Crippen LogP contribution in [-0.2, 0) is 16.6 Å². The van der Waals surface area contributed by atoms with Gasteiger partial charge in [0.1, 0.15) is 5.75 Å². The molecule has 0 atom stereocenters. The van der Waals surface area contributed by atoms with E-state index in [1.54, 1.807) is 0 Å². The van der Waals surface area contributed by atoms with Crippen LogP contribution in [0.15, 0.2) is 53.4 Å². The minimum atomic E-state index is -3.80. The lowest BCUT2D eigenvalue weighted by Crippen LogP contribution is -2.31. The molecule has 2 N–H and O–H groups in total. The van der Waals surface area contributed by atoms with Crippen molar-refractivity contribution in [3.8, 4) is 5.75 Å². The molecule has 9 heteroatoms. The van der Waals surface area contributed by atoms with Gasteiger partial charge in [-0.2, -0.15) is 0 Å². The van der Waals surface area contributed by atoms with Crippen LogP contribution in [0.25, 0.3) is 0 Å². The third kappa shape index (κ3) is 6.31. The summed E-state index contributed by atoms with van der Waals surface area (Å²) in [5, 5.41) is 13.9. The molecule has 0 saturated carbocycles. The Morgan fingerprint density at radius 2 is 1.85 bits per heavy atom. The molecule has 2 aromatic carbocycles. The maximum absolute atomic E-state index is 12.2. The Hall–Kier alpha value is -2.49. The van der Waals surface area contributed by atoms with Crippen molar-refractivity contribution in [1.29, 1.82) is 0 Å². The van der Waals surface area contributed by atoms with Gasteiger partial charge in [0.15, 0.2) is 0 Å². The van der Waals surface area contributed by atoms with Gasteiger partial charge in [0.05, 0.1) is 15.9 Å². The van der Waals surface area contributed by atoms with E-state index in [4.69, 9.17) is 4.74 Å². The molecule has 0 unspecified atom stereocenters. The number of non-ortho nitro benzene ring substituents is 1. The van der Waals surface area contributed by atoms with Crippen molar-refractivity contribution in [3.05, 3.63) is 64.2 Å². The van der Waals surface area contributed by atoms with Crippen LogP contribution in [0.5, 0.6) is 5.75 Å². The van der Waals surface area contributed by atoms with E-state index in [-0.39, 0.29) is 23.2 Å². The van der Waals surface area contributed by atoms with Gasteiger partial charge in [0, 0.05) is 37.3 Å². The van der Waals surface area contributed by atoms with Crippen LogP contribution in [0.1, 0.15) is 19.4 Å². The van der Waals surface area contributed by atoms with E-state index < -0.39 is 14.9 Å². The van der Waals surface area contributed by atoms with E-state index in [0.29, 0.717) is 13.1 Å². The molecule has 0 radical (unpaired) electrons. The van der Waals surface area contributed by atoms with Crippen LogP contribution >= 0.6 is 0 Å². The minimum Gasteiger partial charge on any atom is -0.491 e. The van der Waals surface area contributed by atoms with Crippen LogP contribution in [0.3, 0.4) is 0 Å². The Bertz CT molecular complexity index is 884. The summed E-state index contributed by atoms with van der Waals surface area (Å²) >= 11 is 0. The number of nitro benzene ring substituents is 1. The predicted octanol–water partition coefficient (Wildman–Crippen LogP) is 2.45. The van der Waals surface area contributed by atoms with Crippen molar-refractivity contribution in [3.63, 3.8) is 0 Å². The third-order valence-electron chi connectivity index (χ3n) is 3.58. The molecule has 0 saturated heterocycles. The molecular weight excluding hydrogens is 370 g/mol. The fourth-order valence-electron chi connectivity index (χ4n) is 2.36. The van der Waals surface area contributed by atoms with Crippen molar-refractivity contribution in [2.75, 3.05) is 13.1 Å². The number of hydrogen-bond acceptors (Lipinski definition) is 6. The summed E-state index contributed by atoms with van der Waals surface area (Å²) < 4.78 is 32.6. The number of para-hydroxylation sites is 1. The van der Waals surface area contributed by atoms with Crippen molar-refractivity contribution in [1.82, 2.24) is 10.0 Å². The molecule has 2 aromatic rings. The second-order valence-corrected chi connectivity index (χ2v) is 7.87. The molecule has 8 nitrogen and oxygen atoms in total. The maximum atomic E-state index is 12.2. The second-order valence-electron chi connectivity index (χ2n) is 6.10. The predicted molar refractivity (Wildman–Crippen MR) is 102 cm³/mol. The fraction of sp³-hybridized carbons (Fsp3) is 0.333. The van der Waals surface area contributed by atoms with Gasteiger partial charge in [-0.25, -0.2) is 13.1 Å². The first kappa shape index (κ1) is 20.8. The zero-order chi connectivity index (χ0) is 19.9. The molecule has 0 spiro atoms. The first-order valence-corrected chi connectivity index (χ1v) is 9.97. The Balaban J connectivity index is 1.86. The van der Waals surface area contributed by atoms with E-state index in [2.05, 4.69) is 10.0 Å². The Morgan fingerprint density at radius 1 is 1.11 bits per heavy atom. The molecule has 0 aliphatic carbocycles. The first-order chi connectivity index (χ1) is 12.8. The summed E-state index contributed by atoms with van der Waals surface area (Å²) in [6.07, 6.45) is 0.0629. The van der Waals surface area contributed by atoms with Crippen LogP contribution in [-0.4, -0.2) is 32.5 Å². The number of rotatable bonds is 10. The number of sulfonamides is 1. The van der Waals surface area contributed by atoms with Crippen molar-refractivity contribution >= 4 is 15.7 Å². The molecule has 0 aliphatic heterocycles. The smallest absolute Gasteiger partial charge is 0.270 e. The van der Waals surface area contributed by atoms with E-state index in [1.807, 2.05) is 38.1 Å². The second kappa shape index (κ2) is 9.45. The van der Waals surface area contributed by atoms with E-state index in [9.17, 15) is 18.5 Å². The van der Waals surface area contributed by atoms with Crippen LogP contribution < -0.4 is 14.8 Å². The van der Waals surface area contributed by atoms with Crippen LogP contribution in [0, 0.1) is 10.1 Å². The highest BCUT2D eigenvalue weighted by atomic mass is 32.2. The molecule has 0 bridgehead atoms. The molecule has 2 rings (SSSR count). The quantitative estimate of drug-likeness (QED) is 0.364. The molecule has 146 valence electrons. The average Bonchev–Trinajstić information content (AvgIpc) is 2.62. The van der Waals surface area contributed by atoms with Crippen molar-refractivity contribution in [2.24, 2.45) is 0 Å². The van der Waals surface area contributed by atoms with E-state index in [0.717, 1.165) is 17.4 Å². The summed E-state index contributed by atoms with van der Waals surface area (Å²) in [5.74, 6) is 0.789. The Kier molecular flexibility index (Phi) is 7.28.